The Balaban J connectivity index is 0.00000128. The molecule has 16 heavy (non-hydrogen) atoms. The van der Waals surface area contributed by atoms with Crippen LogP contribution >= 0.6 is 24.0 Å². The summed E-state index contributed by atoms with van der Waals surface area (Å²) in [6, 6.07) is 3.39. The maximum atomic E-state index is 11.9. The van der Waals surface area contributed by atoms with E-state index in [-0.39, 0.29) is 29.6 Å². The van der Waals surface area contributed by atoms with Crippen LogP contribution in [-0.4, -0.2) is 29.9 Å². The van der Waals surface area contributed by atoms with Gasteiger partial charge in [0.05, 0.1) is 0 Å². The van der Waals surface area contributed by atoms with E-state index in [1.54, 1.807) is 17.0 Å². The first kappa shape index (κ1) is 13.4. The Kier molecular flexibility index (Phi) is 4.65. The van der Waals surface area contributed by atoms with E-state index in [1.807, 2.05) is 0 Å². The predicted octanol–water partition coefficient (Wildman–Crippen LogP) is 1.92. The fourth-order valence-electron chi connectivity index (χ4n) is 1.69. The van der Waals surface area contributed by atoms with E-state index < -0.39 is 0 Å². The second-order valence-electron chi connectivity index (χ2n) is 3.73. The fourth-order valence-corrected chi connectivity index (χ4v) is 1.83. The largest absolute Gasteiger partial charge is 0.440 e. The van der Waals surface area contributed by atoms with Crippen molar-refractivity contribution in [1.29, 1.82) is 0 Å². The molecule has 1 aromatic heterocycles. The van der Waals surface area contributed by atoms with Gasteiger partial charge in [-0.1, -0.05) is 0 Å². The highest BCUT2D eigenvalue weighted by Crippen LogP contribution is 2.17. The Morgan fingerprint density at radius 3 is 2.56 bits per heavy atom. The van der Waals surface area contributed by atoms with Gasteiger partial charge in [-0.25, -0.2) is 0 Å². The highest BCUT2D eigenvalue weighted by molar-refractivity contribution is 6.29. The third-order valence-corrected chi connectivity index (χ3v) is 2.81. The summed E-state index contributed by atoms with van der Waals surface area (Å²) < 4.78 is 5.07. The van der Waals surface area contributed by atoms with Crippen LogP contribution in [0, 0.1) is 0 Å². The molecule has 2 rings (SSSR count). The number of rotatable bonds is 1. The van der Waals surface area contributed by atoms with Crippen molar-refractivity contribution < 1.29 is 9.21 Å². The second-order valence-corrected chi connectivity index (χ2v) is 4.11. The minimum atomic E-state index is -0.103. The molecule has 2 heterocycles. The maximum Gasteiger partial charge on any atom is 0.289 e. The van der Waals surface area contributed by atoms with Crippen LogP contribution in [-0.2, 0) is 0 Å². The molecule has 0 aromatic carbocycles. The molecule has 4 nitrogen and oxygen atoms in total. The molecule has 0 radical (unpaired) electrons. The molecule has 1 aliphatic rings. The van der Waals surface area contributed by atoms with E-state index in [2.05, 4.69) is 0 Å². The normalized spacial score (nSPS) is 17.0. The molecule has 0 bridgehead atoms. The standard InChI is InChI=1S/C10H13ClN2O2.ClH/c11-9-2-1-8(15-9)10(14)13-5-3-7(12)4-6-13;/h1-2,7H,3-6,12H2;1H. The summed E-state index contributed by atoms with van der Waals surface area (Å²) in [4.78, 5) is 13.6. The zero-order valence-electron chi connectivity index (χ0n) is 8.69. The summed E-state index contributed by atoms with van der Waals surface area (Å²) in [7, 11) is 0. The molecule has 1 fully saturated rings. The first-order valence-corrected chi connectivity index (χ1v) is 5.35. The number of likely N-dealkylation sites (tertiary alicyclic amines) is 1. The third kappa shape index (κ3) is 2.90. The van der Waals surface area contributed by atoms with E-state index in [4.69, 9.17) is 21.8 Å². The van der Waals surface area contributed by atoms with E-state index in [0.29, 0.717) is 18.8 Å². The van der Waals surface area contributed by atoms with Gasteiger partial charge in [0.1, 0.15) is 0 Å². The number of carbonyl (C=O) groups excluding carboxylic acids is 1. The SMILES string of the molecule is Cl.NC1CCN(C(=O)c2ccc(Cl)o2)CC1. The van der Waals surface area contributed by atoms with Gasteiger partial charge in [0, 0.05) is 19.1 Å². The summed E-state index contributed by atoms with van der Waals surface area (Å²) in [6.45, 7) is 1.39. The lowest BCUT2D eigenvalue weighted by Crippen LogP contribution is -2.42. The average Bonchev–Trinajstić information content (AvgIpc) is 2.65. The van der Waals surface area contributed by atoms with E-state index in [1.165, 1.54) is 0 Å². The number of nitrogens with zero attached hydrogens (tertiary/aromatic N) is 1. The number of hydrogen-bond acceptors (Lipinski definition) is 3. The molecular weight excluding hydrogens is 251 g/mol. The molecule has 2 N–H and O–H groups in total. The van der Waals surface area contributed by atoms with E-state index in [0.717, 1.165) is 12.8 Å². The van der Waals surface area contributed by atoms with Crippen molar-refractivity contribution in [2.45, 2.75) is 18.9 Å². The molecule has 0 saturated carbocycles. The average molecular weight is 265 g/mol. The zero-order valence-corrected chi connectivity index (χ0v) is 10.3. The molecule has 1 saturated heterocycles. The van der Waals surface area contributed by atoms with Crippen molar-refractivity contribution in [2.75, 3.05) is 13.1 Å². The molecule has 0 atom stereocenters. The molecule has 6 heteroatoms. The number of furan rings is 1. The summed E-state index contributed by atoms with van der Waals surface area (Å²) in [5.74, 6) is 0.198. The Morgan fingerprint density at radius 2 is 2.06 bits per heavy atom. The maximum absolute atomic E-state index is 11.9. The van der Waals surface area contributed by atoms with Crippen LogP contribution in [0.5, 0.6) is 0 Å². The van der Waals surface area contributed by atoms with Crippen molar-refractivity contribution in [3.05, 3.63) is 23.1 Å². The van der Waals surface area contributed by atoms with Gasteiger partial charge in [0.2, 0.25) is 0 Å². The van der Waals surface area contributed by atoms with Crippen molar-refractivity contribution in [3.8, 4) is 0 Å². The minimum Gasteiger partial charge on any atom is -0.440 e. The summed E-state index contributed by atoms with van der Waals surface area (Å²) in [5.41, 5.74) is 5.76. The first-order chi connectivity index (χ1) is 7.16. The van der Waals surface area contributed by atoms with Crippen LogP contribution < -0.4 is 5.73 Å². The number of carbonyl (C=O) groups is 1. The lowest BCUT2D eigenvalue weighted by atomic mass is 10.1. The number of amides is 1. The Labute approximate surface area is 105 Å². The molecule has 0 aliphatic carbocycles. The summed E-state index contributed by atoms with van der Waals surface area (Å²) in [5, 5.41) is 0.243. The molecule has 1 aliphatic heterocycles. The Morgan fingerprint density at radius 1 is 1.44 bits per heavy atom. The summed E-state index contributed by atoms with van der Waals surface area (Å²) in [6.07, 6.45) is 1.69. The van der Waals surface area contributed by atoms with Crippen LogP contribution in [0.15, 0.2) is 16.5 Å². The van der Waals surface area contributed by atoms with Gasteiger partial charge >= 0.3 is 0 Å². The van der Waals surface area contributed by atoms with Gasteiger partial charge in [-0.05, 0) is 36.6 Å². The topological polar surface area (TPSA) is 59.5 Å². The quantitative estimate of drug-likeness (QED) is 0.843. The van der Waals surface area contributed by atoms with Gasteiger partial charge in [0.15, 0.2) is 11.0 Å². The smallest absolute Gasteiger partial charge is 0.289 e. The van der Waals surface area contributed by atoms with Gasteiger partial charge in [-0.3, -0.25) is 4.79 Å². The van der Waals surface area contributed by atoms with Crippen LogP contribution in [0.2, 0.25) is 5.22 Å². The third-order valence-electron chi connectivity index (χ3n) is 2.61. The highest BCUT2D eigenvalue weighted by atomic mass is 35.5. The number of piperidine rings is 1. The minimum absolute atomic E-state index is 0. The lowest BCUT2D eigenvalue weighted by molar-refractivity contribution is 0.0682. The Bertz CT molecular complexity index is 359. The van der Waals surface area contributed by atoms with Gasteiger partial charge in [-0.15, -0.1) is 12.4 Å². The zero-order chi connectivity index (χ0) is 10.8. The number of hydrogen-bond donors (Lipinski definition) is 1. The van der Waals surface area contributed by atoms with Crippen LogP contribution in [0.4, 0.5) is 0 Å². The molecule has 0 unspecified atom stereocenters. The van der Waals surface area contributed by atoms with Gasteiger partial charge < -0.3 is 15.1 Å². The predicted molar refractivity (Wildman–Crippen MR) is 64.1 cm³/mol. The highest BCUT2D eigenvalue weighted by Gasteiger charge is 2.23. The first-order valence-electron chi connectivity index (χ1n) is 4.97. The van der Waals surface area contributed by atoms with Gasteiger partial charge in [0.25, 0.3) is 5.91 Å². The number of nitrogens with two attached hydrogens (primary N) is 1. The molecule has 1 amide bonds. The van der Waals surface area contributed by atoms with Crippen molar-refractivity contribution >= 4 is 29.9 Å². The molecule has 90 valence electrons. The molecule has 1 aromatic rings. The van der Waals surface area contributed by atoms with E-state index in [9.17, 15) is 4.79 Å². The van der Waals surface area contributed by atoms with Crippen molar-refractivity contribution in [1.82, 2.24) is 4.90 Å². The van der Waals surface area contributed by atoms with Crippen LogP contribution in [0.25, 0.3) is 0 Å². The van der Waals surface area contributed by atoms with Crippen molar-refractivity contribution in [3.63, 3.8) is 0 Å². The fraction of sp³-hybridized carbons (Fsp3) is 0.500. The van der Waals surface area contributed by atoms with Crippen LogP contribution in [0.1, 0.15) is 23.4 Å². The molecular formula is C10H14Cl2N2O2. The number of halogens is 2. The van der Waals surface area contributed by atoms with Crippen LogP contribution in [0.3, 0.4) is 0 Å². The lowest BCUT2D eigenvalue weighted by Gasteiger charge is -2.29. The molecule has 0 spiro atoms. The van der Waals surface area contributed by atoms with E-state index >= 15 is 0 Å². The van der Waals surface area contributed by atoms with Crippen molar-refractivity contribution in [2.24, 2.45) is 5.73 Å². The summed E-state index contributed by atoms with van der Waals surface area (Å²) >= 11 is 5.61. The second kappa shape index (κ2) is 5.57. The Hall–Kier alpha value is -0.710. The monoisotopic (exact) mass is 264 g/mol. The van der Waals surface area contributed by atoms with Gasteiger partial charge in [-0.2, -0.15) is 0 Å².